The van der Waals surface area contributed by atoms with Crippen LogP contribution in [-0.4, -0.2) is 24.6 Å². The van der Waals surface area contributed by atoms with Crippen molar-refractivity contribution in [3.63, 3.8) is 0 Å². The Labute approximate surface area is 76.0 Å². The number of hydrogen-bond acceptors (Lipinski definition) is 1. The molecule has 1 aliphatic rings. The Kier molecular flexibility index (Phi) is 2.50. The molecule has 0 spiro atoms. The molecule has 1 atom stereocenters. The summed E-state index contributed by atoms with van der Waals surface area (Å²) in [6, 6.07) is 0. The smallest absolute Gasteiger partial charge is 0.358 e. The molecule has 0 amide bonds. The van der Waals surface area contributed by atoms with Gasteiger partial charge >= 0.3 is 12.4 Å². The second-order valence-electron chi connectivity index (χ2n) is 3.44. The van der Waals surface area contributed by atoms with Crippen molar-refractivity contribution >= 4 is 0 Å². The third-order valence-electron chi connectivity index (χ3n) is 2.17. The lowest BCUT2D eigenvalue weighted by Gasteiger charge is -2.32. The van der Waals surface area contributed by atoms with Crippen LogP contribution in [0.25, 0.3) is 0 Å². The number of ether oxygens (including phenoxy) is 1. The maximum atomic E-state index is 12.2. The average molecular weight is 222 g/mol. The van der Waals surface area contributed by atoms with Crippen molar-refractivity contribution in [2.24, 2.45) is 5.92 Å². The molecule has 1 fully saturated rings. The maximum Gasteiger partial charge on any atom is 0.426 e. The van der Waals surface area contributed by atoms with Crippen LogP contribution in [0, 0.1) is 5.92 Å². The minimum Gasteiger partial charge on any atom is -0.358 e. The standard InChI is InChI=1S/C7H8F6O/c1-4-2-5(14-3-4,6(8,9)10)7(11,12)13/h4H,2-3H2,1H3. The van der Waals surface area contributed by atoms with Crippen LogP contribution in [0.1, 0.15) is 13.3 Å². The van der Waals surface area contributed by atoms with Gasteiger partial charge < -0.3 is 4.74 Å². The normalized spacial score (nSPS) is 28.1. The van der Waals surface area contributed by atoms with E-state index in [1.165, 1.54) is 6.92 Å². The van der Waals surface area contributed by atoms with Crippen LogP contribution in [0.5, 0.6) is 0 Å². The summed E-state index contributed by atoms with van der Waals surface area (Å²) in [5.41, 5.74) is -3.96. The van der Waals surface area contributed by atoms with Crippen LogP contribution < -0.4 is 0 Å². The predicted octanol–water partition coefficient (Wildman–Crippen LogP) is 2.91. The largest absolute Gasteiger partial charge is 0.426 e. The lowest BCUT2D eigenvalue weighted by atomic mass is 9.94. The van der Waals surface area contributed by atoms with Gasteiger partial charge in [0.1, 0.15) is 0 Å². The van der Waals surface area contributed by atoms with Crippen molar-refractivity contribution in [1.29, 1.82) is 0 Å². The monoisotopic (exact) mass is 222 g/mol. The van der Waals surface area contributed by atoms with Crippen LogP contribution in [0.2, 0.25) is 0 Å². The Balaban J connectivity index is 3.05. The molecule has 1 saturated heterocycles. The molecule has 84 valence electrons. The third kappa shape index (κ3) is 1.57. The van der Waals surface area contributed by atoms with Gasteiger partial charge in [-0.15, -0.1) is 0 Å². The first-order valence-corrected chi connectivity index (χ1v) is 3.87. The molecule has 0 aliphatic carbocycles. The summed E-state index contributed by atoms with van der Waals surface area (Å²) < 4.78 is 77.4. The SMILES string of the molecule is CC1COC(C(F)(F)F)(C(F)(F)F)C1. The highest BCUT2D eigenvalue weighted by molar-refractivity contribution is 5.00. The van der Waals surface area contributed by atoms with Gasteiger partial charge in [0.2, 0.25) is 0 Å². The summed E-state index contributed by atoms with van der Waals surface area (Å²) in [5, 5.41) is 0. The zero-order chi connectivity index (χ0) is 11.2. The van der Waals surface area contributed by atoms with Crippen LogP contribution in [0.4, 0.5) is 26.3 Å². The summed E-state index contributed by atoms with van der Waals surface area (Å²) >= 11 is 0. The molecule has 7 heteroatoms. The Hall–Kier alpha value is -0.460. The van der Waals surface area contributed by atoms with Crippen molar-refractivity contribution in [1.82, 2.24) is 0 Å². The van der Waals surface area contributed by atoms with Crippen molar-refractivity contribution in [3.8, 4) is 0 Å². The summed E-state index contributed by atoms with van der Waals surface area (Å²) in [4.78, 5) is 0. The van der Waals surface area contributed by atoms with Gasteiger partial charge in [-0.05, 0) is 12.3 Å². The second kappa shape index (κ2) is 3.01. The van der Waals surface area contributed by atoms with E-state index in [2.05, 4.69) is 4.74 Å². The molecule has 1 nitrogen and oxygen atoms in total. The first kappa shape index (κ1) is 11.6. The number of rotatable bonds is 0. The minimum absolute atomic E-state index is 0.515. The summed E-state index contributed by atoms with van der Waals surface area (Å²) in [6.45, 7) is 0.776. The number of hydrogen-bond donors (Lipinski definition) is 0. The number of halogens is 6. The van der Waals surface area contributed by atoms with Crippen molar-refractivity contribution < 1.29 is 31.1 Å². The fourth-order valence-corrected chi connectivity index (χ4v) is 1.45. The minimum atomic E-state index is -5.41. The van der Waals surface area contributed by atoms with Crippen LogP contribution >= 0.6 is 0 Å². The lowest BCUT2D eigenvalue weighted by Crippen LogP contribution is -2.56. The summed E-state index contributed by atoms with van der Waals surface area (Å²) in [7, 11) is 0. The van der Waals surface area contributed by atoms with E-state index in [4.69, 9.17) is 0 Å². The first-order valence-electron chi connectivity index (χ1n) is 3.87. The molecule has 0 aromatic rings. The Morgan fingerprint density at radius 1 is 1.07 bits per heavy atom. The van der Waals surface area contributed by atoms with E-state index in [0.717, 1.165) is 0 Å². The van der Waals surface area contributed by atoms with Crippen LogP contribution in [0.3, 0.4) is 0 Å². The second-order valence-corrected chi connectivity index (χ2v) is 3.44. The molecule has 0 aromatic carbocycles. The van der Waals surface area contributed by atoms with Gasteiger partial charge in [0.25, 0.3) is 5.60 Å². The van der Waals surface area contributed by atoms with Gasteiger partial charge in [0.05, 0.1) is 6.61 Å². The molecule has 0 radical (unpaired) electrons. The van der Waals surface area contributed by atoms with E-state index in [9.17, 15) is 26.3 Å². The third-order valence-corrected chi connectivity index (χ3v) is 2.17. The molecule has 14 heavy (non-hydrogen) atoms. The van der Waals surface area contributed by atoms with E-state index in [1.807, 2.05) is 0 Å². The maximum absolute atomic E-state index is 12.2. The zero-order valence-electron chi connectivity index (χ0n) is 7.17. The highest BCUT2D eigenvalue weighted by Crippen LogP contribution is 2.52. The lowest BCUT2D eigenvalue weighted by molar-refractivity contribution is -0.368. The Morgan fingerprint density at radius 3 is 1.64 bits per heavy atom. The van der Waals surface area contributed by atoms with Gasteiger partial charge in [-0.3, -0.25) is 0 Å². The van der Waals surface area contributed by atoms with Gasteiger partial charge in [0, 0.05) is 0 Å². The molecular weight excluding hydrogens is 214 g/mol. The van der Waals surface area contributed by atoms with E-state index >= 15 is 0 Å². The molecule has 1 heterocycles. The molecule has 0 saturated carbocycles. The molecule has 1 unspecified atom stereocenters. The predicted molar refractivity (Wildman–Crippen MR) is 34.6 cm³/mol. The van der Waals surface area contributed by atoms with Gasteiger partial charge in [0.15, 0.2) is 0 Å². The average Bonchev–Trinajstić information content (AvgIpc) is 2.28. The molecule has 1 aliphatic heterocycles. The Morgan fingerprint density at radius 2 is 1.50 bits per heavy atom. The summed E-state index contributed by atoms with van der Waals surface area (Å²) in [6.07, 6.45) is -11.9. The highest BCUT2D eigenvalue weighted by Gasteiger charge is 2.74. The van der Waals surface area contributed by atoms with Crippen molar-refractivity contribution in [3.05, 3.63) is 0 Å². The quantitative estimate of drug-likeness (QED) is 0.572. The molecule has 0 aromatic heterocycles. The zero-order valence-corrected chi connectivity index (χ0v) is 7.17. The fraction of sp³-hybridized carbons (Fsp3) is 1.00. The first-order chi connectivity index (χ1) is 6.10. The highest BCUT2D eigenvalue weighted by atomic mass is 19.4. The van der Waals surface area contributed by atoms with E-state index in [1.54, 1.807) is 0 Å². The van der Waals surface area contributed by atoms with Crippen LogP contribution in [0.15, 0.2) is 0 Å². The van der Waals surface area contributed by atoms with Crippen LogP contribution in [-0.2, 0) is 4.74 Å². The van der Waals surface area contributed by atoms with Crippen molar-refractivity contribution in [2.75, 3.05) is 6.61 Å². The van der Waals surface area contributed by atoms with E-state index in [0.29, 0.717) is 0 Å². The number of alkyl halides is 6. The fourth-order valence-electron chi connectivity index (χ4n) is 1.45. The van der Waals surface area contributed by atoms with E-state index in [-0.39, 0.29) is 0 Å². The van der Waals surface area contributed by atoms with E-state index < -0.39 is 36.9 Å². The molecule has 0 bridgehead atoms. The van der Waals surface area contributed by atoms with Gasteiger partial charge in [-0.25, -0.2) is 0 Å². The summed E-state index contributed by atoms with van der Waals surface area (Å²) in [5.74, 6) is -0.738. The Bertz CT molecular complexity index is 203. The molecule has 0 N–H and O–H groups in total. The molecule has 1 rings (SSSR count). The molecular formula is C7H8F6O. The van der Waals surface area contributed by atoms with Gasteiger partial charge in [-0.1, -0.05) is 6.92 Å². The topological polar surface area (TPSA) is 9.23 Å². The van der Waals surface area contributed by atoms with Gasteiger partial charge in [-0.2, -0.15) is 26.3 Å². The van der Waals surface area contributed by atoms with Crippen molar-refractivity contribution in [2.45, 2.75) is 31.3 Å².